The molecule has 2 aromatic heterocycles. The molecule has 0 unspecified atom stereocenters. The molecule has 0 amide bonds. The topological polar surface area (TPSA) is 77.3 Å². The number of nitrogens with zero attached hydrogens (tertiary/aromatic N) is 3. The lowest BCUT2D eigenvalue weighted by Gasteiger charge is -2.04. The molecule has 5 nitrogen and oxygen atoms in total. The summed E-state index contributed by atoms with van der Waals surface area (Å²) in [5.41, 5.74) is 10.0. The van der Waals surface area contributed by atoms with Crippen LogP contribution < -0.4 is 5.73 Å². The predicted octanol–water partition coefficient (Wildman–Crippen LogP) is 4.72. The summed E-state index contributed by atoms with van der Waals surface area (Å²) in [6.45, 7) is 9.64. The third-order valence-electron chi connectivity index (χ3n) is 3.47. The Hall–Kier alpha value is -2.95. The maximum absolute atomic E-state index is 5.95. The van der Waals surface area contributed by atoms with E-state index < -0.39 is 0 Å². The molecule has 0 atom stereocenters. The molecular weight excluding hydrogens is 300 g/mol. The number of aryl methyl sites for hydroxylation is 2. The lowest BCUT2D eigenvalue weighted by atomic mass is 10.1. The van der Waals surface area contributed by atoms with Crippen LogP contribution in [0.5, 0.6) is 0 Å². The smallest absolute Gasteiger partial charge is 0.149 e. The number of anilines is 1. The van der Waals surface area contributed by atoms with Crippen LogP contribution >= 0.6 is 0 Å². The fourth-order valence-corrected chi connectivity index (χ4v) is 2.22. The number of nitrogen functional groups attached to an aromatic ring is 1. The molecule has 5 heteroatoms. The SMILES string of the molecule is C=C/C(C=Nc1cc(-c2c(C)noc2C)cnc1N)=C\C=C/CC. The van der Waals surface area contributed by atoms with Crippen LogP contribution in [0.3, 0.4) is 0 Å². The number of aliphatic imine (C=N–C) groups is 1. The number of aromatic nitrogens is 2. The van der Waals surface area contributed by atoms with Gasteiger partial charge in [-0.3, -0.25) is 4.99 Å². The van der Waals surface area contributed by atoms with Crippen molar-refractivity contribution in [2.45, 2.75) is 27.2 Å². The molecule has 0 aromatic carbocycles. The van der Waals surface area contributed by atoms with Gasteiger partial charge in [-0.2, -0.15) is 0 Å². The van der Waals surface area contributed by atoms with Crippen LogP contribution in [0.4, 0.5) is 11.5 Å². The summed E-state index contributed by atoms with van der Waals surface area (Å²) in [4.78, 5) is 8.68. The van der Waals surface area contributed by atoms with E-state index in [2.05, 4.69) is 34.7 Å². The molecule has 2 aromatic rings. The van der Waals surface area contributed by atoms with Crippen molar-refractivity contribution in [3.63, 3.8) is 0 Å². The van der Waals surface area contributed by atoms with Crippen molar-refractivity contribution in [1.82, 2.24) is 10.1 Å². The van der Waals surface area contributed by atoms with Crippen LogP contribution in [0.25, 0.3) is 11.1 Å². The Bertz CT molecular complexity index is 793. The van der Waals surface area contributed by atoms with Gasteiger partial charge in [-0.1, -0.05) is 43.0 Å². The fraction of sp³-hybridized carbons (Fsp3) is 0.211. The molecule has 0 aliphatic carbocycles. The van der Waals surface area contributed by atoms with E-state index in [1.54, 1.807) is 18.5 Å². The van der Waals surface area contributed by atoms with Crippen LogP contribution in [0.2, 0.25) is 0 Å². The molecule has 2 N–H and O–H groups in total. The normalized spacial score (nSPS) is 12.4. The number of hydrogen-bond acceptors (Lipinski definition) is 5. The third-order valence-corrected chi connectivity index (χ3v) is 3.47. The minimum Gasteiger partial charge on any atom is -0.382 e. The Kier molecular flexibility index (Phi) is 5.84. The molecule has 2 rings (SSSR count). The van der Waals surface area contributed by atoms with Crippen molar-refractivity contribution in [2.75, 3.05) is 5.73 Å². The van der Waals surface area contributed by atoms with Crippen molar-refractivity contribution < 1.29 is 4.52 Å². The van der Waals surface area contributed by atoms with Gasteiger partial charge in [0.1, 0.15) is 17.3 Å². The van der Waals surface area contributed by atoms with E-state index in [4.69, 9.17) is 10.3 Å². The largest absolute Gasteiger partial charge is 0.382 e. The molecule has 0 spiro atoms. The zero-order valence-corrected chi connectivity index (χ0v) is 14.3. The zero-order valence-electron chi connectivity index (χ0n) is 14.3. The van der Waals surface area contributed by atoms with Gasteiger partial charge < -0.3 is 10.3 Å². The van der Waals surface area contributed by atoms with Gasteiger partial charge in [0.05, 0.1) is 5.69 Å². The molecular formula is C19H22N4O. The molecule has 124 valence electrons. The second kappa shape index (κ2) is 8.06. The highest BCUT2D eigenvalue weighted by atomic mass is 16.5. The van der Waals surface area contributed by atoms with E-state index in [1.807, 2.05) is 32.1 Å². The number of pyridine rings is 1. The van der Waals surface area contributed by atoms with Gasteiger partial charge in [0, 0.05) is 23.5 Å². The van der Waals surface area contributed by atoms with Crippen molar-refractivity contribution in [3.05, 3.63) is 60.2 Å². The van der Waals surface area contributed by atoms with Gasteiger partial charge in [-0.15, -0.1) is 0 Å². The summed E-state index contributed by atoms with van der Waals surface area (Å²) >= 11 is 0. The molecule has 24 heavy (non-hydrogen) atoms. The molecule has 0 fully saturated rings. The molecule has 0 saturated heterocycles. The summed E-state index contributed by atoms with van der Waals surface area (Å²) in [7, 11) is 0. The summed E-state index contributed by atoms with van der Waals surface area (Å²) < 4.78 is 5.21. The Morgan fingerprint density at radius 1 is 1.42 bits per heavy atom. The number of allylic oxidation sites excluding steroid dienone is 5. The Labute approximate surface area is 142 Å². The average Bonchev–Trinajstić information content (AvgIpc) is 2.91. The van der Waals surface area contributed by atoms with Gasteiger partial charge in [0.25, 0.3) is 0 Å². The molecule has 0 bridgehead atoms. The summed E-state index contributed by atoms with van der Waals surface area (Å²) in [5, 5.41) is 3.97. The van der Waals surface area contributed by atoms with Gasteiger partial charge in [0.15, 0.2) is 0 Å². The molecule has 0 saturated carbocycles. The van der Waals surface area contributed by atoms with Crippen molar-refractivity contribution in [1.29, 1.82) is 0 Å². The number of nitrogens with two attached hydrogens (primary N) is 1. The van der Waals surface area contributed by atoms with Crippen molar-refractivity contribution in [2.24, 2.45) is 4.99 Å². The number of rotatable bonds is 6. The Morgan fingerprint density at radius 3 is 2.83 bits per heavy atom. The van der Waals surface area contributed by atoms with E-state index in [0.717, 1.165) is 34.6 Å². The standard InChI is InChI=1S/C19H22N4O/c1-5-7-8-9-15(6-2)11-21-17-10-16(12-22-19(17)20)18-13(3)23-24-14(18)4/h6-12H,2,5H2,1,3-4H3,(H2,20,22)/b8-7-,15-9+,21-11?. The Morgan fingerprint density at radius 2 is 2.21 bits per heavy atom. The third kappa shape index (κ3) is 4.07. The first kappa shape index (κ1) is 17.4. The van der Waals surface area contributed by atoms with Crippen LogP contribution in [-0.4, -0.2) is 16.4 Å². The van der Waals surface area contributed by atoms with E-state index in [9.17, 15) is 0 Å². The van der Waals surface area contributed by atoms with Crippen LogP contribution in [0.15, 0.2) is 58.2 Å². The summed E-state index contributed by atoms with van der Waals surface area (Å²) in [6, 6.07) is 1.88. The second-order valence-corrected chi connectivity index (χ2v) is 5.29. The van der Waals surface area contributed by atoms with E-state index in [-0.39, 0.29) is 0 Å². The lowest BCUT2D eigenvalue weighted by Crippen LogP contribution is -1.92. The molecule has 2 heterocycles. The van der Waals surface area contributed by atoms with E-state index >= 15 is 0 Å². The van der Waals surface area contributed by atoms with E-state index in [0.29, 0.717) is 11.5 Å². The van der Waals surface area contributed by atoms with Crippen LogP contribution in [0.1, 0.15) is 24.8 Å². The van der Waals surface area contributed by atoms with Crippen LogP contribution in [0, 0.1) is 13.8 Å². The zero-order chi connectivity index (χ0) is 17.5. The first-order chi connectivity index (χ1) is 11.6. The van der Waals surface area contributed by atoms with Crippen LogP contribution in [-0.2, 0) is 0 Å². The summed E-state index contributed by atoms with van der Waals surface area (Å²) in [6.07, 6.45) is 12.1. The first-order valence-corrected chi connectivity index (χ1v) is 7.78. The predicted molar refractivity (Wildman–Crippen MR) is 99.5 cm³/mol. The molecule has 0 aliphatic heterocycles. The number of hydrogen-bond donors (Lipinski definition) is 1. The minimum atomic E-state index is 0.370. The van der Waals surface area contributed by atoms with E-state index in [1.165, 1.54) is 0 Å². The highest BCUT2D eigenvalue weighted by Crippen LogP contribution is 2.31. The lowest BCUT2D eigenvalue weighted by molar-refractivity contribution is 0.393. The monoisotopic (exact) mass is 322 g/mol. The summed E-state index contributed by atoms with van der Waals surface area (Å²) in [5.74, 6) is 1.11. The average molecular weight is 322 g/mol. The van der Waals surface area contributed by atoms with Crippen molar-refractivity contribution in [3.8, 4) is 11.1 Å². The first-order valence-electron chi connectivity index (χ1n) is 7.78. The highest BCUT2D eigenvalue weighted by molar-refractivity contribution is 5.86. The maximum atomic E-state index is 5.95. The van der Waals surface area contributed by atoms with Gasteiger partial charge in [-0.25, -0.2) is 4.98 Å². The Balaban J connectivity index is 2.36. The quantitative estimate of drug-likeness (QED) is 0.617. The molecule has 0 radical (unpaired) electrons. The second-order valence-electron chi connectivity index (χ2n) is 5.29. The molecule has 0 aliphatic rings. The highest BCUT2D eigenvalue weighted by Gasteiger charge is 2.13. The van der Waals surface area contributed by atoms with Crippen molar-refractivity contribution >= 4 is 17.7 Å². The minimum absolute atomic E-state index is 0.370. The van der Waals surface area contributed by atoms with Gasteiger partial charge in [-0.05, 0) is 31.9 Å². The van der Waals surface area contributed by atoms with Gasteiger partial charge in [0.2, 0.25) is 0 Å². The maximum Gasteiger partial charge on any atom is 0.149 e. The fourth-order valence-electron chi connectivity index (χ4n) is 2.22. The van der Waals surface area contributed by atoms with Gasteiger partial charge >= 0.3 is 0 Å².